The standard InChI is InChI=1S/C18H22ClFO/c1-21-16-3-2-12(9-15(16)20)18(19)17-13-5-10-4-11(7-13)8-14(17)6-10/h2-3,9-11,13-14,17-18H,4-8H2,1H3. The van der Waals surface area contributed by atoms with Crippen molar-refractivity contribution in [2.75, 3.05) is 7.11 Å². The van der Waals surface area contributed by atoms with Gasteiger partial charge in [0.2, 0.25) is 0 Å². The van der Waals surface area contributed by atoms with Crippen molar-refractivity contribution >= 4 is 11.6 Å². The molecular weight excluding hydrogens is 287 g/mol. The summed E-state index contributed by atoms with van der Waals surface area (Å²) < 4.78 is 19.0. The molecule has 4 bridgehead atoms. The number of rotatable bonds is 3. The van der Waals surface area contributed by atoms with Gasteiger partial charge in [-0.3, -0.25) is 0 Å². The zero-order valence-electron chi connectivity index (χ0n) is 12.4. The molecule has 1 aromatic rings. The molecule has 0 N–H and O–H groups in total. The van der Waals surface area contributed by atoms with E-state index in [4.69, 9.17) is 16.3 Å². The SMILES string of the molecule is COc1ccc(C(Cl)C2C3CC4CC(C3)CC2C4)cc1F. The average molecular weight is 309 g/mol. The second kappa shape index (κ2) is 5.15. The van der Waals surface area contributed by atoms with E-state index >= 15 is 0 Å². The summed E-state index contributed by atoms with van der Waals surface area (Å²) >= 11 is 6.81. The fraction of sp³-hybridized carbons (Fsp3) is 0.667. The zero-order valence-corrected chi connectivity index (χ0v) is 13.2. The molecule has 1 unspecified atom stereocenters. The van der Waals surface area contributed by atoms with Crippen LogP contribution in [-0.2, 0) is 0 Å². The van der Waals surface area contributed by atoms with Crippen LogP contribution >= 0.6 is 11.6 Å². The number of alkyl halides is 1. The van der Waals surface area contributed by atoms with Crippen LogP contribution in [-0.4, -0.2) is 7.11 Å². The highest BCUT2D eigenvalue weighted by Gasteiger charge is 2.50. The topological polar surface area (TPSA) is 9.23 Å². The number of halogens is 2. The molecule has 114 valence electrons. The summed E-state index contributed by atoms with van der Waals surface area (Å²) in [5.41, 5.74) is 0.924. The Morgan fingerprint density at radius 2 is 1.71 bits per heavy atom. The molecule has 3 heteroatoms. The minimum Gasteiger partial charge on any atom is -0.494 e. The van der Waals surface area contributed by atoms with Crippen LogP contribution in [0.5, 0.6) is 5.75 Å². The van der Waals surface area contributed by atoms with E-state index in [0.717, 1.165) is 29.2 Å². The number of hydrogen-bond donors (Lipinski definition) is 0. The monoisotopic (exact) mass is 308 g/mol. The van der Waals surface area contributed by atoms with Gasteiger partial charge in [-0.2, -0.15) is 0 Å². The summed E-state index contributed by atoms with van der Waals surface area (Å²) in [4.78, 5) is 0. The highest BCUT2D eigenvalue weighted by molar-refractivity contribution is 6.21. The lowest BCUT2D eigenvalue weighted by molar-refractivity contribution is -0.0381. The summed E-state index contributed by atoms with van der Waals surface area (Å²) in [6.45, 7) is 0. The Balaban J connectivity index is 1.60. The summed E-state index contributed by atoms with van der Waals surface area (Å²) in [6, 6.07) is 5.21. The third-order valence-electron chi connectivity index (χ3n) is 6.13. The van der Waals surface area contributed by atoms with Gasteiger partial charge in [-0.1, -0.05) is 6.07 Å². The molecule has 4 aliphatic carbocycles. The van der Waals surface area contributed by atoms with Gasteiger partial charge in [0.05, 0.1) is 12.5 Å². The molecule has 21 heavy (non-hydrogen) atoms. The lowest BCUT2D eigenvalue weighted by Crippen LogP contribution is -2.46. The van der Waals surface area contributed by atoms with E-state index in [9.17, 15) is 4.39 Å². The Morgan fingerprint density at radius 1 is 1.10 bits per heavy atom. The lowest BCUT2D eigenvalue weighted by Gasteiger charge is -2.55. The molecule has 0 aliphatic heterocycles. The van der Waals surface area contributed by atoms with E-state index in [1.54, 1.807) is 12.1 Å². The highest BCUT2D eigenvalue weighted by atomic mass is 35.5. The molecule has 0 aromatic heterocycles. The van der Waals surface area contributed by atoms with Crippen molar-refractivity contribution in [3.05, 3.63) is 29.6 Å². The van der Waals surface area contributed by atoms with Gasteiger partial charge in [0.15, 0.2) is 11.6 Å². The molecule has 4 aliphatic rings. The maximum Gasteiger partial charge on any atom is 0.165 e. The van der Waals surface area contributed by atoms with Gasteiger partial charge in [-0.15, -0.1) is 11.6 Å². The van der Waals surface area contributed by atoms with Crippen LogP contribution in [0.15, 0.2) is 18.2 Å². The molecule has 0 heterocycles. The van der Waals surface area contributed by atoms with Crippen LogP contribution in [0.4, 0.5) is 4.39 Å². The largest absolute Gasteiger partial charge is 0.494 e. The van der Waals surface area contributed by atoms with Gasteiger partial charge in [-0.25, -0.2) is 4.39 Å². The number of methoxy groups -OCH3 is 1. The third kappa shape index (κ3) is 2.27. The van der Waals surface area contributed by atoms with Gasteiger partial charge in [0.25, 0.3) is 0 Å². The first kappa shape index (κ1) is 13.9. The molecule has 0 radical (unpaired) electrons. The minimum absolute atomic E-state index is 0.0552. The van der Waals surface area contributed by atoms with Crippen molar-refractivity contribution in [3.8, 4) is 5.75 Å². The van der Waals surface area contributed by atoms with Gasteiger partial charge < -0.3 is 4.74 Å². The van der Waals surface area contributed by atoms with Crippen molar-refractivity contribution in [1.29, 1.82) is 0 Å². The summed E-state index contributed by atoms with van der Waals surface area (Å²) in [7, 11) is 1.49. The van der Waals surface area contributed by atoms with E-state index in [-0.39, 0.29) is 11.2 Å². The van der Waals surface area contributed by atoms with Crippen LogP contribution in [0.3, 0.4) is 0 Å². The number of benzene rings is 1. The van der Waals surface area contributed by atoms with E-state index in [1.165, 1.54) is 39.2 Å². The fourth-order valence-electron chi connectivity index (χ4n) is 5.52. The molecule has 4 fully saturated rings. The van der Waals surface area contributed by atoms with Crippen LogP contribution < -0.4 is 4.74 Å². The molecule has 0 amide bonds. The number of ether oxygens (including phenoxy) is 1. The molecule has 1 nitrogen and oxygen atoms in total. The second-order valence-electron chi connectivity index (χ2n) is 7.30. The van der Waals surface area contributed by atoms with E-state index in [1.807, 2.05) is 6.07 Å². The molecule has 4 saturated carbocycles. The third-order valence-corrected chi connectivity index (χ3v) is 6.67. The second-order valence-corrected chi connectivity index (χ2v) is 7.77. The molecule has 5 rings (SSSR count). The van der Waals surface area contributed by atoms with Crippen LogP contribution in [0.1, 0.15) is 43.0 Å². The summed E-state index contributed by atoms with van der Waals surface area (Å²) in [6.07, 6.45) is 6.84. The van der Waals surface area contributed by atoms with Crippen LogP contribution in [0.25, 0.3) is 0 Å². The fourth-order valence-corrected chi connectivity index (χ4v) is 6.07. The Kier molecular flexibility index (Phi) is 3.40. The predicted molar refractivity (Wildman–Crippen MR) is 82.1 cm³/mol. The minimum atomic E-state index is -0.301. The van der Waals surface area contributed by atoms with Crippen molar-refractivity contribution < 1.29 is 9.13 Å². The average Bonchev–Trinajstić information content (AvgIpc) is 2.45. The van der Waals surface area contributed by atoms with Gasteiger partial charge in [-0.05, 0) is 79.4 Å². The smallest absolute Gasteiger partial charge is 0.165 e. The molecule has 1 aromatic carbocycles. The zero-order chi connectivity index (χ0) is 14.6. The molecular formula is C18H22ClFO. The quantitative estimate of drug-likeness (QED) is 0.699. The Labute approximate surface area is 130 Å². The maximum atomic E-state index is 14.0. The van der Waals surface area contributed by atoms with E-state index < -0.39 is 0 Å². The Morgan fingerprint density at radius 3 is 2.24 bits per heavy atom. The first-order valence-electron chi connectivity index (χ1n) is 8.13. The molecule has 0 spiro atoms. The summed E-state index contributed by atoms with van der Waals surface area (Å²) in [5.74, 6) is 3.94. The van der Waals surface area contributed by atoms with Gasteiger partial charge >= 0.3 is 0 Å². The number of hydrogen-bond acceptors (Lipinski definition) is 1. The first-order valence-corrected chi connectivity index (χ1v) is 8.57. The maximum absolute atomic E-state index is 14.0. The normalized spacial score (nSPS) is 38.5. The van der Waals surface area contributed by atoms with Gasteiger partial charge in [0.1, 0.15) is 0 Å². The molecule has 0 saturated heterocycles. The van der Waals surface area contributed by atoms with Crippen LogP contribution in [0.2, 0.25) is 0 Å². The van der Waals surface area contributed by atoms with Crippen molar-refractivity contribution in [3.63, 3.8) is 0 Å². The van der Waals surface area contributed by atoms with Gasteiger partial charge in [0, 0.05) is 0 Å². The highest BCUT2D eigenvalue weighted by Crippen LogP contribution is 2.60. The molecule has 1 atom stereocenters. The summed E-state index contributed by atoms with van der Waals surface area (Å²) in [5, 5.41) is -0.0552. The van der Waals surface area contributed by atoms with Crippen molar-refractivity contribution in [2.45, 2.75) is 37.5 Å². The first-order chi connectivity index (χ1) is 10.2. The predicted octanol–water partition coefficient (Wildman–Crippen LogP) is 5.19. The van der Waals surface area contributed by atoms with Crippen molar-refractivity contribution in [2.24, 2.45) is 29.6 Å². The lowest BCUT2D eigenvalue weighted by atomic mass is 9.51. The van der Waals surface area contributed by atoms with Crippen molar-refractivity contribution in [1.82, 2.24) is 0 Å². The van der Waals surface area contributed by atoms with Crippen LogP contribution in [0, 0.1) is 35.4 Å². The van der Waals surface area contributed by atoms with E-state index in [0.29, 0.717) is 11.7 Å². The Hall–Kier alpha value is -0.760. The Bertz CT molecular complexity index is 516. The van der Waals surface area contributed by atoms with E-state index in [2.05, 4.69) is 0 Å².